The molecule has 0 amide bonds. The maximum Gasteiger partial charge on any atom is 0.338 e. The van der Waals surface area contributed by atoms with Crippen LogP contribution >= 0.6 is 0 Å². The summed E-state index contributed by atoms with van der Waals surface area (Å²) >= 11 is 0. The summed E-state index contributed by atoms with van der Waals surface area (Å²) in [6.07, 6.45) is 20.0. The van der Waals surface area contributed by atoms with Crippen molar-refractivity contribution < 1.29 is 9.53 Å². The summed E-state index contributed by atoms with van der Waals surface area (Å²) in [6.45, 7) is 6.57. The molecular formula is C30H48O2. The molecule has 0 radical (unpaired) electrons. The number of ether oxygens (including phenoxy) is 1. The van der Waals surface area contributed by atoms with Crippen molar-refractivity contribution in [1.29, 1.82) is 0 Å². The van der Waals surface area contributed by atoms with Crippen LogP contribution in [0.4, 0.5) is 0 Å². The molecule has 0 spiro atoms. The third-order valence-electron chi connectivity index (χ3n) is 8.42. The van der Waals surface area contributed by atoms with Crippen LogP contribution in [0.15, 0.2) is 24.3 Å². The van der Waals surface area contributed by atoms with Gasteiger partial charge in [0.25, 0.3) is 0 Å². The standard InChI is InChI=1S/C30H48O2/c1-4-6-7-8-10-23(3)32-30(31)29-21-19-28(20-22-29)27-17-15-26(16-18-27)25-13-11-24(9-5-2)12-14-25/h19-27H,4-18H2,1-3H3. The predicted octanol–water partition coefficient (Wildman–Crippen LogP) is 9.08. The monoisotopic (exact) mass is 440 g/mol. The Morgan fingerprint density at radius 2 is 1.47 bits per heavy atom. The number of unbranched alkanes of at least 4 members (excludes halogenated alkanes) is 3. The van der Waals surface area contributed by atoms with Crippen LogP contribution in [-0.4, -0.2) is 12.1 Å². The second-order valence-corrected chi connectivity index (χ2v) is 10.9. The van der Waals surface area contributed by atoms with Crippen molar-refractivity contribution in [3.05, 3.63) is 35.4 Å². The minimum Gasteiger partial charge on any atom is -0.459 e. The highest BCUT2D eigenvalue weighted by Gasteiger charge is 2.31. The topological polar surface area (TPSA) is 26.3 Å². The van der Waals surface area contributed by atoms with E-state index in [4.69, 9.17) is 4.74 Å². The van der Waals surface area contributed by atoms with E-state index in [1.165, 1.54) is 89.0 Å². The van der Waals surface area contributed by atoms with Crippen molar-refractivity contribution in [2.24, 2.45) is 17.8 Å². The minimum atomic E-state index is -0.165. The van der Waals surface area contributed by atoms with Gasteiger partial charge < -0.3 is 4.74 Å². The molecule has 2 nitrogen and oxygen atoms in total. The Hall–Kier alpha value is -1.31. The van der Waals surface area contributed by atoms with E-state index >= 15 is 0 Å². The van der Waals surface area contributed by atoms with Crippen LogP contribution in [0.25, 0.3) is 0 Å². The first kappa shape index (κ1) is 25.3. The fourth-order valence-corrected chi connectivity index (χ4v) is 6.34. The van der Waals surface area contributed by atoms with Gasteiger partial charge in [0.05, 0.1) is 11.7 Å². The minimum absolute atomic E-state index is 0.00588. The second-order valence-electron chi connectivity index (χ2n) is 10.9. The molecule has 0 heterocycles. The number of esters is 1. The van der Waals surface area contributed by atoms with Crippen molar-refractivity contribution in [3.8, 4) is 0 Å². The molecule has 180 valence electrons. The third-order valence-corrected chi connectivity index (χ3v) is 8.42. The fourth-order valence-electron chi connectivity index (χ4n) is 6.34. The van der Waals surface area contributed by atoms with Crippen LogP contribution in [0.1, 0.15) is 139 Å². The van der Waals surface area contributed by atoms with Crippen molar-refractivity contribution in [2.45, 2.75) is 129 Å². The summed E-state index contributed by atoms with van der Waals surface area (Å²) in [5.41, 5.74) is 2.12. The number of rotatable bonds is 11. The highest BCUT2D eigenvalue weighted by Crippen LogP contribution is 2.44. The van der Waals surface area contributed by atoms with E-state index in [0.717, 1.165) is 30.6 Å². The van der Waals surface area contributed by atoms with Gasteiger partial charge in [0.15, 0.2) is 0 Å². The summed E-state index contributed by atoms with van der Waals surface area (Å²) < 4.78 is 5.67. The van der Waals surface area contributed by atoms with Crippen LogP contribution in [0, 0.1) is 17.8 Å². The van der Waals surface area contributed by atoms with Gasteiger partial charge in [-0.15, -0.1) is 0 Å². The molecular weight excluding hydrogens is 392 g/mol. The van der Waals surface area contributed by atoms with Gasteiger partial charge in [0.1, 0.15) is 0 Å². The molecule has 1 unspecified atom stereocenters. The Balaban J connectivity index is 1.40. The van der Waals surface area contributed by atoms with Crippen molar-refractivity contribution >= 4 is 5.97 Å². The first-order valence-corrected chi connectivity index (χ1v) is 13.9. The van der Waals surface area contributed by atoms with Crippen molar-refractivity contribution in [1.82, 2.24) is 0 Å². The SMILES string of the molecule is CCCCCCC(C)OC(=O)c1ccc(C2CCC(C3CCC(CCC)CC3)CC2)cc1. The molecule has 1 aromatic carbocycles. The third kappa shape index (κ3) is 7.63. The van der Waals surface area contributed by atoms with Gasteiger partial charge in [0, 0.05) is 0 Å². The predicted molar refractivity (Wildman–Crippen MR) is 135 cm³/mol. The van der Waals surface area contributed by atoms with Gasteiger partial charge in [-0.1, -0.05) is 70.9 Å². The summed E-state index contributed by atoms with van der Waals surface area (Å²) in [5.74, 6) is 3.47. The number of benzene rings is 1. The van der Waals surface area contributed by atoms with Gasteiger partial charge >= 0.3 is 5.97 Å². The molecule has 0 bridgehead atoms. The van der Waals surface area contributed by atoms with Gasteiger partial charge in [-0.3, -0.25) is 0 Å². The Labute approximate surface area is 197 Å². The molecule has 0 aromatic heterocycles. The van der Waals surface area contributed by atoms with Crippen LogP contribution < -0.4 is 0 Å². The maximum atomic E-state index is 12.5. The van der Waals surface area contributed by atoms with Crippen molar-refractivity contribution in [2.75, 3.05) is 0 Å². The van der Waals surface area contributed by atoms with Crippen LogP contribution in [0.2, 0.25) is 0 Å². The molecule has 2 heteroatoms. The summed E-state index contributed by atoms with van der Waals surface area (Å²) in [6, 6.07) is 8.35. The van der Waals surface area contributed by atoms with E-state index in [1.54, 1.807) is 0 Å². The molecule has 0 saturated heterocycles. The normalized spacial score (nSPS) is 27.1. The first-order valence-electron chi connectivity index (χ1n) is 13.9. The van der Waals surface area contributed by atoms with E-state index < -0.39 is 0 Å². The Morgan fingerprint density at radius 1 is 0.844 bits per heavy atom. The largest absolute Gasteiger partial charge is 0.459 e. The van der Waals surface area contributed by atoms with E-state index in [2.05, 4.69) is 26.0 Å². The molecule has 2 aliphatic carbocycles. The van der Waals surface area contributed by atoms with E-state index in [1.807, 2.05) is 19.1 Å². The van der Waals surface area contributed by atoms with Gasteiger partial charge in [-0.25, -0.2) is 4.79 Å². The average Bonchev–Trinajstić information content (AvgIpc) is 2.83. The molecule has 2 saturated carbocycles. The van der Waals surface area contributed by atoms with Crippen molar-refractivity contribution in [3.63, 3.8) is 0 Å². The summed E-state index contributed by atoms with van der Waals surface area (Å²) in [5, 5.41) is 0. The lowest BCUT2D eigenvalue weighted by Gasteiger charge is -2.38. The smallest absolute Gasteiger partial charge is 0.338 e. The molecule has 3 rings (SSSR count). The zero-order valence-corrected chi connectivity index (χ0v) is 21.1. The highest BCUT2D eigenvalue weighted by atomic mass is 16.5. The van der Waals surface area contributed by atoms with E-state index in [0.29, 0.717) is 11.5 Å². The Morgan fingerprint density at radius 3 is 2.06 bits per heavy atom. The molecule has 0 N–H and O–H groups in total. The molecule has 2 fully saturated rings. The molecule has 2 aliphatic rings. The zero-order valence-electron chi connectivity index (χ0n) is 21.1. The fraction of sp³-hybridized carbons (Fsp3) is 0.767. The lowest BCUT2D eigenvalue weighted by atomic mass is 9.68. The lowest BCUT2D eigenvalue weighted by Crippen LogP contribution is -2.25. The number of carbonyl (C=O) groups is 1. The number of hydrogen-bond acceptors (Lipinski definition) is 2. The van der Waals surface area contributed by atoms with Gasteiger partial charge in [0.2, 0.25) is 0 Å². The first-order chi connectivity index (χ1) is 15.6. The second kappa shape index (κ2) is 13.4. The molecule has 32 heavy (non-hydrogen) atoms. The summed E-state index contributed by atoms with van der Waals surface area (Å²) in [7, 11) is 0. The summed E-state index contributed by atoms with van der Waals surface area (Å²) in [4.78, 5) is 12.5. The van der Waals surface area contributed by atoms with E-state index in [9.17, 15) is 4.79 Å². The number of hydrogen-bond donors (Lipinski definition) is 0. The van der Waals surface area contributed by atoms with E-state index in [-0.39, 0.29) is 12.1 Å². The zero-order chi connectivity index (χ0) is 22.8. The highest BCUT2D eigenvalue weighted by molar-refractivity contribution is 5.89. The van der Waals surface area contributed by atoms with Crippen LogP contribution in [0.5, 0.6) is 0 Å². The van der Waals surface area contributed by atoms with Gasteiger partial charge in [-0.05, 0) is 99.7 Å². The van der Waals surface area contributed by atoms with Crippen LogP contribution in [0.3, 0.4) is 0 Å². The Kier molecular flexibility index (Phi) is 10.6. The molecule has 1 atom stereocenters. The van der Waals surface area contributed by atoms with Crippen LogP contribution in [-0.2, 0) is 4.74 Å². The molecule has 0 aliphatic heterocycles. The number of carbonyl (C=O) groups excluding carboxylic acids is 1. The lowest BCUT2D eigenvalue weighted by molar-refractivity contribution is 0.0319. The quantitative estimate of drug-likeness (QED) is 0.253. The molecule has 1 aromatic rings. The average molecular weight is 441 g/mol. The van der Waals surface area contributed by atoms with Gasteiger partial charge in [-0.2, -0.15) is 0 Å². The maximum absolute atomic E-state index is 12.5. The Bertz CT molecular complexity index is 648.